The van der Waals surface area contributed by atoms with Gasteiger partial charge in [-0.3, -0.25) is 15.7 Å². The summed E-state index contributed by atoms with van der Waals surface area (Å²) in [6.45, 7) is 3.56. The van der Waals surface area contributed by atoms with Crippen molar-refractivity contribution in [3.8, 4) is 0 Å². The van der Waals surface area contributed by atoms with Crippen LogP contribution in [0.4, 0.5) is 4.79 Å². The number of alkyl carbamates (subject to hydrolysis) is 1. The first kappa shape index (κ1) is 10.7. The maximum absolute atomic E-state index is 10.7. The van der Waals surface area contributed by atoms with Gasteiger partial charge < -0.3 is 10.1 Å². The summed E-state index contributed by atoms with van der Waals surface area (Å²) in [7, 11) is 0. The zero-order chi connectivity index (χ0) is 9.40. The Morgan fingerprint density at radius 3 is 2.92 bits per heavy atom. The SMILES string of the molecule is CC(C)OC(=O)NCN=CNO. The molecule has 6 heteroatoms. The highest BCUT2D eigenvalue weighted by molar-refractivity contribution is 5.67. The molecule has 0 bridgehead atoms. The molecule has 0 saturated heterocycles. The summed E-state index contributed by atoms with van der Waals surface area (Å²) in [5, 5.41) is 10.4. The van der Waals surface area contributed by atoms with Gasteiger partial charge in [0.1, 0.15) is 13.0 Å². The molecule has 0 saturated carbocycles. The maximum atomic E-state index is 10.7. The monoisotopic (exact) mass is 175 g/mol. The number of nitrogens with zero attached hydrogens (tertiary/aromatic N) is 1. The number of carbonyl (C=O) groups is 1. The fourth-order valence-corrected chi connectivity index (χ4v) is 0.452. The molecular weight excluding hydrogens is 162 g/mol. The van der Waals surface area contributed by atoms with Crippen molar-refractivity contribution in [2.75, 3.05) is 6.67 Å². The Morgan fingerprint density at radius 1 is 1.75 bits per heavy atom. The Hall–Kier alpha value is -1.30. The molecule has 0 aliphatic carbocycles. The molecule has 0 unspecified atom stereocenters. The van der Waals surface area contributed by atoms with Gasteiger partial charge in [0.05, 0.1) is 6.10 Å². The zero-order valence-electron chi connectivity index (χ0n) is 7.07. The number of ether oxygens (including phenoxy) is 1. The molecule has 0 aromatic heterocycles. The molecule has 0 fully saturated rings. The van der Waals surface area contributed by atoms with E-state index in [4.69, 9.17) is 9.94 Å². The fourth-order valence-electron chi connectivity index (χ4n) is 0.452. The van der Waals surface area contributed by atoms with Gasteiger partial charge in [-0.05, 0) is 13.8 Å². The molecule has 0 rings (SSSR count). The van der Waals surface area contributed by atoms with Crippen molar-refractivity contribution in [3.63, 3.8) is 0 Å². The van der Waals surface area contributed by atoms with E-state index in [1.807, 2.05) is 0 Å². The van der Waals surface area contributed by atoms with E-state index in [1.54, 1.807) is 19.3 Å². The van der Waals surface area contributed by atoms with Crippen LogP contribution in [0.1, 0.15) is 13.8 Å². The van der Waals surface area contributed by atoms with Crippen molar-refractivity contribution >= 4 is 12.4 Å². The minimum absolute atomic E-state index is 0.0686. The first-order chi connectivity index (χ1) is 5.66. The lowest BCUT2D eigenvalue weighted by Gasteiger charge is -2.07. The summed E-state index contributed by atoms with van der Waals surface area (Å²) in [6.07, 6.45) is 0.375. The van der Waals surface area contributed by atoms with Crippen LogP contribution >= 0.6 is 0 Å². The van der Waals surface area contributed by atoms with Gasteiger partial charge in [-0.15, -0.1) is 0 Å². The number of nitrogens with one attached hydrogen (secondary N) is 2. The number of hydrogen-bond acceptors (Lipinski definition) is 4. The largest absolute Gasteiger partial charge is 0.447 e. The fraction of sp³-hybridized carbons (Fsp3) is 0.667. The molecule has 0 aromatic rings. The summed E-state index contributed by atoms with van der Waals surface area (Å²) < 4.78 is 4.72. The van der Waals surface area contributed by atoms with Crippen LogP contribution in [0.3, 0.4) is 0 Å². The highest BCUT2D eigenvalue weighted by Crippen LogP contribution is 1.86. The Balaban J connectivity index is 3.38. The summed E-state index contributed by atoms with van der Waals surface area (Å²) in [6, 6.07) is 0. The lowest BCUT2D eigenvalue weighted by Crippen LogP contribution is -2.27. The molecule has 0 aliphatic heterocycles. The van der Waals surface area contributed by atoms with Crippen molar-refractivity contribution < 1.29 is 14.7 Å². The third kappa shape index (κ3) is 6.81. The number of aliphatic imine (C=N–C) groups is 1. The lowest BCUT2D eigenvalue weighted by molar-refractivity contribution is 0.116. The summed E-state index contributed by atoms with van der Waals surface area (Å²) in [5.74, 6) is 0. The number of amides is 1. The zero-order valence-corrected chi connectivity index (χ0v) is 7.07. The highest BCUT2D eigenvalue weighted by atomic mass is 16.6. The third-order valence-electron chi connectivity index (χ3n) is 0.806. The van der Waals surface area contributed by atoms with Crippen LogP contribution in [0.2, 0.25) is 0 Å². The second kappa shape index (κ2) is 6.41. The van der Waals surface area contributed by atoms with E-state index >= 15 is 0 Å². The van der Waals surface area contributed by atoms with Gasteiger partial charge in [0.2, 0.25) is 0 Å². The number of hydroxylamine groups is 1. The van der Waals surface area contributed by atoms with E-state index in [0.29, 0.717) is 0 Å². The van der Waals surface area contributed by atoms with E-state index in [1.165, 1.54) is 0 Å². The number of hydrogen-bond donors (Lipinski definition) is 3. The van der Waals surface area contributed by atoms with Gasteiger partial charge in [0.25, 0.3) is 0 Å². The van der Waals surface area contributed by atoms with Crippen LogP contribution in [0.15, 0.2) is 4.99 Å². The van der Waals surface area contributed by atoms with Crippen LogP contribution in [-0.2, 0) is 4.74 Å². The quantitative estimate of drug-likeness (QED) is 0.321. The average molecular weight is 175 g/mol. The van der Waals surface area contributed by atoms with Crippen LogP contribution in [-0.4, -0.2) is 30.4 Å². The second-order valence-electron chi connectivity index (χ2n) is 2.23. The van der Waals surface area contributed by atoms with Crippen molar-refractivity contribution in [3.05, 3.63) is 0 Å². The van der Waals surface area contributed by atoms with Gasteiger partial charge >= 0.3 is 6.09 Å². The van der Waals surface area contributed by atoms with E-state index in [0.717, 1.165) is 6.34 Å². The Kier molecular flexibility index (Phi) is 5.72. The Morgan fingerprint density at radius 2 is 2.42 bits per heavy atom. The third-order valence-corrected chi connectivity index (χ3v) is 0.806. The van der Waals surface area contributed by atoms with Gasteiger partial charge in [0, 0.05) is 0 Å². The predicted molar refractivity (Wildman–Crippen MR) is 43.0 cm³/mol. The molecule has 6 nitrogen and oxygen atoms in total. The molecule has 3 N–H and O–H groups in total. The molecular formula is C6H13N3O3. The Labute approximate surface area is 70.6 Å². The topological polar surface area (TPSA) is 83.0 Å². The van der Waals surface area contributed by atoms with Crippen LogP contribution in [0.5, 0.6) is 0 Å². The first-order valence-electron chi connectivity index (χ1n) is 3.49. The van der Waals surface area contributed by atoms with Crippen molar-refractivity contribution in [2.45, 2.75) is 20.0 Å². The molecule has 0 aliphatic rings. The van der Waals surface area contributed by atoms with E-state index < -0.39 is 6.09 Å². The van der Waals surface area contributed by atoms with E-state index in [-0.39, 0.29) is 12.8 Å². The molecule has 1 amide bonds. The average Bonchev–Trinajstić information content (AvgIpc) is 1.97. The standard InChI is InChI=1S/C6H13N3O3/c1-5(2)12-6(10)8-3-7-4-9-11/h4-5,11H,3H2,1-2H3,(H,7,9)(H,8,10). The molecule has 0 atom stereocenters. The normalized spacial score (nSPS) is 10.3. The van der Waals surface area contributed by atoms with Crippen molar-refractivity contribution in [2.24, 2.45) is 4.99 Å². The maximum Gasteiger partial charge on any atom is 0.408 e. The van der Waals surface area contributed by atoms with Gasteiger partial charge in [-0.2, -0.15) is 0 Å². The minimum atomic E-state index is -0.528. The summed E-state index contributed by atoms with van der Waals surface area (Å²) in [4.78, 5) is 14.3. The van der Waals surface area contributed by atoms with Crippen LogP contribution in [0, 0.1) is 0 Å². The smallest absolute Gasteiger partial charge is 0.408 e. The number of rotatable bonds is 4. The van der Waals surface area contributed by atoms with Crippen LogP contribution in [0.25, 0.3) is 0 Å². The molecule has 0 radical (unpaired) electrons. The molecule has 0 heterocycles. The minimum Gasteiger partial charge on any atom is -0.447 e. The van der Waals surface area contributed by atoms with Gasteiger partial charge in [-0.1, -0.05) is 0 Å². The number of carbonyl (C=O) groups excluding carboxylic acids is 1. The summed E-state index contributed by atoms with van der Waals surface area (Å²) >= 11 is 0. The van der Waals surface area contributed by atoms with Crippen LogP contribution < -0.4 is 10.8 Å². The van der Waals surface area contributed by atoms with Crippen molar-refractivity contribution in [1.29, 1.82) is 0 Å². The first-order valence-corrected chi connectivity index (χ1v) is 3.49. The second-order valence-corrected chi connectivity index (χ2v) is 2.23. The molecule has 70 valence electrons. The van der Waals surface area contributed by atoms with E-state index in [2.05, 4.69) is 10.3 Å². The van der Waals surface area contributed by atoms with Gasteiger partial charge in [0.15, 0.2) is 0 Å². The highest BCUT2D eigenvalue weighted by Gasteiger charge is 2.01. The summed E-state index contributed by atoms with van der Waals surface area (Å²) in [5.41, 5.74) is 1.70. The predicted octanol–water partition coefficient (Wildman–Crippen LogP) is 0.0856. The van der Waals surface area contributed by atoms with Gasteiger partial charge in [-0.25, -0.2) is 4.79 Å². The lowest BCUT2D eigenvalue weighted by atomic mass is 10.5. The molecule has 0 aromatic carbocycles. The molecule has 0 spiro atoms. The van der Waals surface area contributed by atoms with Crippen molar-refractivity contribution in [1.82, 2.24) is 10.8 Å². The molecule has 12 heavy (non-hydrogen) atoms. The Bertz CT molecular complexity index is 158. The van der Waals surface area contributed by atoms with E-state index in [9.17, 15) is 4.79 Å².